The molecular weight excluding hydrogens is 682 g/mol. The largest absolute Gasteiger partial charge is 0.496 e. The number of methoxy groups -OCH3 is 1. The number of fused-ring (bicyclic) bond motifs is 3. The fourth-order valence-electron chi connectivity index (χ4n) is 8.13. The maximum Gasteiger partial charge on any atom is 0.404 e. The van der Waals surface area contributed by atoms with Crippen LogP contribution in [0, 0.1) is 18.3 Å². The number of halogens is 1. The number of hydrogen-bond acceptors (Lipinski definition) is 7. The Morgan fingerprint density at radius 1 is 1.12 bits per heavy atom. The van der Waals surface area contributed by atoms with E-state index in [1.54, 1.807) is 24.5 Å². The number of primary amides is 1. The van der Waals surface area contributed by atoms with E-state index in [9.17, 15) is 14.4 Å². The van der Waals surface area contributed by atoms with Crippen molar-refractivity contribution in [1.82, 2.24) is 19.8 Å². The number of aromatic nitrogens is 2. The van der Waals surface area contributed by atoms with Crippen LogP contribution in [0.25, 0.3) is 42.9 Å². The molecule has 0 radical (unpaired) electrons. The number of aryl methyl sites for hydroxylation is 1. The lowest BCUT2D eigenvalue weighted by molar-refractivity contribution is -0.0570. The summed E-state index contributed by atoms with van der Waals surface area (Å²) in [6.07, 6.45) is -0.924. The second-order valence-corrected chi connectivity index (χ2v) is 16.5. The van der Waals surface area contributed by atoms with Gasteiger partial charge in [-0.1, -0.05) is 26.8 Å². The number of thiophene rings is 1. The van der Waals surface area contributed by atoms with Crippen LogP contribution in [0.1, 0.15) is 71.9 Å². The van der Waals surface area contributed by atoms with Gasteiger partial charge in [0.15, 0.2) is 0 Å². The Kier molecular flexibility index (Phi) is 8.28. The van der Waals surface area contributed by atoms with Gasteiger partial charge in [-0.3, -0.25) is 9.59 Å². The van der Waals surface area contributed by atoms with Crippen LogP contribution in [0.15, 0.2) is 48.5 Å². The van der Waals surface area contributed by atoms with Crippen LogP contribution >= 0.6 is 11.3 Å². The van der Waals surface area contributed by atoms with Crippen molar-refractivity contribution in [3.8, 4) is 27.6 Å². The molecule has 5 heterocycles. The number of rotatable bonds is 7. The Morgan fingerprint density at radius 3 is 2.62 bits per heavy atom. The summed E-state index contributed by atoms with van der Waals surface area (Å²) in [5, 5.41) is 4.84. The van der Waals surface area contributed by atoms with Crippen molar-refractivity contribution in [3.63, 3.8) is 0 Å². The minimum absolute atomic E-state index is 0.0263. The lowest BCUT2D eigenvalue weighted by Gasteiger charge is -2.48. The average Bonchev–Trinajstić information content (AvgIpc) is 3.62. The summed E-state index contributed by atoms with van der Waals surface area (Å²) in [5.74, 6) is 0.727. The highest BCUT2D eigenvalue weighted by Gasteiger charge is 2.47. The minimum Gasteiger partial charge on any atom is -0.496 e. The van der Waals surface area contributed by atoms with E-state index in [0.717, 1.165) is 60.6 Å². The van der Waals surface area contributed by atoms with Crippen molar-refractivity contribution in [1.29, 1.82) is 0 Å². The molecule has 10 nitrogen and oxygen atoms in total. The Morgan fingerprint density at radius 2 is 1.90 bits per heavy atom. The smallest absolute Gasteiger partial charge is 0.404 e. The van der Waals surface area contributed by atoms with Gasteiger partial charge in [0.05, 0.1) is 36.0 Å². The first-order valence-corrected chi connectivity index (χ1v) is 18.6. The molecule has 3 aliphatic rings. The van der Waals surface area contributed by atoms with E-state index < -0.39 is 29.8 Å². The van der Waals surface area contributed by atoms with E-state index >= 15 is 4.39 Å². The molecule has 8 rings (SSSR count). The topological polar surface area (TPSA) is 129 Å². The summed E-state index contributed by atoms with van der Waals surface area (Å²) < 4.78 is 29.7. The summed E-state index contributed by atoms with van der Waals surface area (Å²) in [7, 11) is 1.59. The molecule has 3 amide bonds. The summed E-state index contributed by atoms with van der Waals surface area (Å²) in [6.45, 7) is 9.14. The van der Waals surface area contributed by atoms with Gasteiger partial charge in [0.25, 0.3) is 11.8 Å². The second-order valence-electron chi connectivity index (χ2n) is 15.4. The van der Waals surface area contributed by atoms with Crippen molar-refractivity contribution in [2.24, 2.45) is 17.1 Å². The molecule has 0 spiro atoms. The zero-order valence-electron chi connectivity index (χ0n) is 29.9. The molecule has 1 saturated heterocycles. The Bertz CT molecular complexity index is 2290. The number of hydrogen-bond donors (Lipinski definition) is 2. The zero-order valence-corrected chi connectivity index (χ0v) is 30.7. The molecule has 1 unspecified atom stereocenters. The van der Waals surface area contributed by atoms with Crippen molar-refractivity contribution in [2.75, 3.05) is 13.7 Å². The highest BCUT2D eigenvalue weighted by molar-refractivity contribution is 7.22. The quantitative estimate of drug-likeness (QED) is 0.178. The van der Waals surface area contributed by atoms with Gasteiger partial charge in [0, 0.05) is 51.7 Å². The molecule has 52 heavy (non-hydrogen) atoms. The first-order chi connectivity index (χ1) is 24.8. The minimum atomic E-state index is -1.38. The molecule has 1 saturated carbocycles. The number of carbonyl (C=O) groups excluding carboxylic acids is 3. The lowest BCUT2D eigenvalue weighted by atomic mass is 9.78. The summed E-state index contributed by atoms with van der Waals surface area (Å²) in [5.41, 5.74) is 11.7. The van der Waals surface area contributed by atoms with Gasteiger partial charge in [-0.25, -0.2) is 14.2 Å². The molecular formula is C40H42FN5O5S. The molecule has 2 aliphatic heterocycles. The number of nitrogens with one attached hydrogen (secondary N) is 1. The summed E-state index contributed by atoms with van der Waals surface area (Å²) in [4.78, 5) is 46.0. The SMILES string of the molecule is COc1cc(C(=O)N2C[C@H](F)C[C@@H](OC(N)=O)C2C(C)(C)C)cc2sc(-c3cc4ccc(-c5ccc6c(c5)CNC6=O)nc4n3CC3CC3)c(C)c12. The standard InChI is InChI=1S/C40H42FN5O5S/c1-20-33-30(50-5)14-24(38(48)46-19-26(41)16-31(51-39(42)49)35(46)40(2,3)4)15-32(33)52-34(20)29-13-23-9-11-28(44-36(23)45(29)18-21-6-7-21)22-8-10-27-25(12-22)17-43-37(27)47/h8-15,21,26,31,35H,6-7,16-19H2,1-5H3,(H2,42,49)(H,43,47)/t26-,31-,35?/m1/s1. The van der Waals surface area contributed by atoms with Crippen LogP contribution in [0.5, 0.6) is 5.75 Å². The number of nitrogens with two attached hydrogens (primary N) is 1. The van der Waals surface area contributed by atoms with Crippen molar-refractivity contribution >= 4 is 50.4 Å². The Hall–Kier alpha value is -4.97. The van der Waals surface area contributed by atoms with E-state index in [0.29, 0.717) is 29.3 Å². The average molecular weight is 724 g/mol. The van der Waals surface area contributed by atoms with Crippen LogP contribution < -0.4 is 15.8 Å². The van der Waals surface area contributed by atoms with Gasteiger partial charge in [-0.15, -0.1) is 11.3 Å². The van der Waals surface area contributed by atoms with E-state index in [4.69, 9.17) is 20.2 Å². The first kappa shape index (κ1) is 34.1. The third kappa shape index (κ3) is 5.96. The van der Waals surface area contributed by atoms with Gasteiger partial charge in [-0.05, 0) is 84.7 Å². The highest BCUT2D eigenvalue weighted by Crippen LogP contribution is 2.46. The normalized spacial score (nSPS) is 20.3. The number of amides is 3. The molecule has 3 N–H and O–H groups in total. The fraction of sp³-hybridized carbons (Fsp3) is 0.400. The maximum absolute atomic E-state index is 15.2. The molecule has 3 aromatic heterocycles. The third-order valence-electron chi connectivity index (χ3n) is 10.6. The number of benzene rings is 2. The zero-order chi connectivity index (χ0) is 36.6. The summed E-state index contributed by atoms with van der Waals surface area (Å²) in [6, 6.07) is 15.2. The highest BCUT2D eigenvalue weighted by atomic mass is 32.1. The molecule has 5 aromatic rings. The molecule has 2 aromatic carbocycles. The molecule has 0 bridgehead atoms. The fourth-order valence-corrected chi connectivity index (χ4v) is 9.42. The van der Waals surface area contributed by atoms with Gasteiger partial charge < -0.3 is 30.0 Å². The predicted octanol–water partition coefficient (Wildman–Crippen LogP) is 7.62. The molecule has 2 fully saturated rings. The molecule has 270 valence electrons. The Balaban J connectivity index is 1.21. The van der Waals surface area contributed by atoms with Crippen LogP contribution in [-0.4, -0.2) is 64.3 Å². The number of nitrogens with zero attached hydrogens (tertiary/aromatic N) is 3. The van der Waals surface area contributed by atoms with E-state index in [1.165, 1.54) is 17.7 Å². The molecule has 3 atom stereocenters. The lowest BCUT2D eigenvalue weighted by Crippen LogP contribution is -2.61. The monoisotopic (exact) mass is 723 g/mol. The van der Waals surface area contributed by atoms with Crippen LogP contribution in [0.2, 0.25) is 0 Å². The van der Waals surface area contributed by atoms with Crippen molar-refractivity contribution in [2.45, 2.75) is 78.4 Å². The number of carbonyl (C=O) groups is 3. The molecule has 12 heteroatoms. The number of alkyl halides is 1. The van der Waals surface area contributed by atoms with E-state index in [2.05, 4.69) is 28.9 Å². The van der Waals surface area contributed by atoms with Crippen LogP contribution in [0.3, 0.4) is 0 Å². The summed E-state index contributed by atoms with van der Waals surface area (Å²) >= 11 is 1.59. The van der Waals surface area contributed by atoms with Gasteiger partial charge >= 0.3 is 6.09 Å². The van der Waals surface area contributed by atoms with E-state index in [1.807, 2.05) is 51.1 Å². The Labute approximate surface area is 305 Å². The second kappa shape index (κ2) is 12.6. The third-order valence-corrected chi connectivity index (χ3v) is 11.9. The first-order valence-electron chi connectivity index (χ1n) is 17.7. The number of ether oxygens (including phenoxy) is 2. The van der Waals surface area contributed by atoms with Gasteiger partial charge in [-0.2, -0.15) is 0 Å². The van der Waals surface area contributed by atoms with Crippen molar-refractivity contribution in [3.05, 3.63) is 70.8 Å². The van der Waals surface area contributed by atoms with E-state index in [-0.39, 0.29) is 24.8 Å². The molecule has 1 aliphatic carbocycles. The maximum atomic E-state index is 15.2. The van der Waals surface area contributed by atoms with Gasteiger partial charge in [0.2, 0.25) is 0 Å². The number of pyridine rings is 1. The number of likely N-dealkylation sites (tertiary alicyclic amines) is 1. The predicted molar refractivity (Wildman–Crippen MR) is 199 cm³/mol. The van der Waals surface area contributed by atoms with Crippen molar-refractivity contribution < 1.29 is 28.2 Å². The van der Waals surface area contributed by atoms with Crippen LogP contribution in [-0.2, 0) is 17.8 Å². The van der Waals surface area contributed by atoms with Crippen LogP contribution in [0.4, 0.5) is 9.18 Å². The number of piperidine rings is 1. The van der Waals surface area contributed by atoms with Gasteiger partial charge in [0.1, 0.15) is 23.7 Å².